The Morgan fingerprint density at radius 2 is 2.10 bits per heavy atom. The maximum atomic E-state index is 13.7. The molecule has 1 saturated heterocycles. The van der Waals surface area contributed by atoms with Crippen molar-refractivity contribution in [1.82, 2.24) is 0 Å². The Morgan fingerprint density at radius 1 is 1.40 bits per heavy atom. The van der Waals surface area contributed by atoms with Crippen LogP contribution in [0.5, 0.6) is 5.75 Å². The van der Waals surface area contributed by atoms with Crippen molar-refractivity contribution < 1.29 is 13.9 Å². The molecule has 5 heteroatoms. The van der Waals surface area contributed by atoms with Gasteiger partial charge in [0.1, 0.15) is 0 Å². The Balaban J connectivity index is 2.11. The average molecular weight is 282 g/mol. The molecule has 0 aliphatic carbocycles. The summed E-state index contributed by atoms with van der Waals surface area (Å²) < 4.78 is 24.4. The van der Waals surface area contributed by atoms with Crippen LogP contribution in [-0.4, -0.2) is 33.4 Å². The minimum Gasteiger partial charge on any atom is -0.491 e. The van der Waals surface area contributed by atoms with E-state index in [1.54, 1.807) is 6.07 Å². The average Bonchev–Trinajstić information content (AvgIpc) is 2.43. The molecule has 112 valence electrons. The van der Waals surface area contributed by atoms with E-state index < -0.39 is 5.82 Å². The Morgan fingerprint density at radius 3 is 2.75 bits per heavy atom. The van der Waals surface area contributed by atoms with E-state index in [2.05, 4.69) is 4.90 Å². The molecule has 1 heterocycles. The van der Waals surface area contributed by atoms with Crippen LogP contribution < -0.4 is 15.4 Å². The standard InChI is InChI=1S/C15H23FN2O2/c1-3-20-15-9-14(13(17)8-12(15)16)18(2)10-11-4-6-19-7-5-11/h8-9,11H,3-7,10,17H2,1-2H3. The van der Waals surface area contributed by atoms with E-state index in [0.717, 1.165) is 38.3 Å². The third-order valence-corrected chi connectivity index (χ3v) is 3.67. The molecule has 0 saturated carbocycles. The predicted octanol–water partition coefficient (Wildman–Crippen LogP) is 2.67. The zero-order valence-electron chi connectivity index (χ0n) is 12.2. The van der Waals surface area contributed by atoms with Gasteiger partial charge in [-0.05, 0) is 25.7 Å². The number of anilines is 2. The van der Waals surface area contributed by atoms with Gasteiger partial charge in [0.2, 0.25) is 0 Å². The molecule has 0 bridgehead atoms. The monoisotopic (exact) mass is 282 g/mol. The van der Waals surface area contributed by atoms with Crippen LogP contribution in [0.3, 0.4) is 0 Å². The van der Waals surface area contributed by atoms with E-state index in [4.69, 9.17) is 15.2 Å². The molecule has 0 radical (unpaired) electrons. The third kappa shape index (κ3) is 3.54. The highest BCUT2D eigenvalue weighted by atomic mass is 19.1. The summed E-state index contributed by atoms with van der Waals surface area (Å²) in [6.45, 7) is 4.80. The van der Waals surface area contributed by atoms with Gasteiger partial charge in [-0.2, -0.15) is 0 Å². The number of nitrogen functional groups attached to an aromatic ring is 1. The van der Waals surface area contributed by atoms with Crippen molar-refractivity contribution in [2.24, 2.45) is 5.92 Å². The van der Waals surface area contributed by atoms with Gasteiger partial charge in [0.25, 0.3) is 0 Å². The van der Waals surface area contributed by atoms with E-state index in [1.165, 1.54) is 6.07 Å². The van der Waals surface area contributed by atoms with Gasteiger partial charge >= 0.3 is 0 Å². The Hall–Kier alpha value is -1.49. The van der Waals surface area contributed by atoms with Crippen molar-refractivity contribution in [2.75, 3.05) is 44.0 Å². The lowest BCUT2D eigenvalue weighted by Crippen LogP contribution is -2.30. The smallest absolute Gasteiger partial charge is 0.167 e. The molecule has 0 spiro atoms. The maximum absolute atomic E-state index is 13.7. The molecule has 2 rings (SSSR count). The molecule has 0 unspecified atom stereocenters. The summed E-state index contributed by atoms with van der Waals surface area (Å²) in [5.74, 6) is 0.442. The molecule has 20 heavy (non-hydrogen) atoms. The van der Waals surface area contributed by atoms with Crippen molar-refractivity contribution in [1.29, 1.82) is 0 Å². The number of benzene rings is 1. The normalized spacial score (nSPS) is 16.1. The summed E-state index contributed by atoms with van der Waals surface area (Å²) in [6, 6.07) is 3.02. The minimum absolute atomic E-state index is 0.260. The number of ether oxygens (including phenoxy) is 2. The van der Waals surface area contributed by atoms with Crippen molar-refractivity contribution in [3.8, 4) is 5.75 Å². The van der Waals surface area contributed by atoms with Gasteiger partial charge in [0.05, 0.1) is 18.0 Å². The van der Waals surface area contributed by atoms with Gasteiger partial charge in [0.15, 0.2) is 11.6 Å². The molecule has 1 fully saturated rings. The van der Waals surface area contributed by atoms with E-state index in [-0.39, 0.29) is 5.75 Å². The summed E-state index contributed by atoms with van der Waals surface area (Å²) >= 11 is 0. The first-order chi connectivity index (χ1) is 9.61. The summed E-state index contributed by atoms with van der Waals surface area (Å²) in [4.78, 5) is 2.08. The van der Waals surface area contributed by atoms with Crippen molar-refractivity contribution in [3.05, 3.63) is 17.9 Å². The van der Waals surface area contributed by atoms with E-state index in [1.807, 2.05) is 14.0 Å². The predicted molar refractivity (Wildman–Crippen MR) is 78.8 cm³/mol. The van der Waals surface area contributed by atoms with E-state index in [9.17, 15) is 4.39 Å². The number of halogens is 1. The van der Waals surface area contributed by atoms with Gasteiger partial charge in [-0.25, -0.2) is 4.39 Å². The van der Waals surface area contributed by atoms with Crippen LogP contribution in [0.1, 0.15) is 19.8 Å². The van der Waals surface area contributed by atoms with Crippen LogP contribution in [0.4, 0.5) is 15.8 Å². The Bertz CT molecular complexity index is 448. The topological polar surface area (TPSA) is 47.7 Å². The van der Waals surface area contributed by atoms with Crippen LogP contribution in [0.2, 0.25) is 0 Å². The van der Waals surface area contributed by atoms with Crippen LogP contribution in [0.15, 0.2) is 12.1 Å². The Labute approximate surface area is 119 Å². The highest BCUT2D eigenvalue weighted by Gasteiger charge is 2.18. The van der Waals surface area contributed by atoms with Crippen LogP contribution in [-0.2, 0) is 4.74 Å². The fraction of sp³-hybridized carbons (Fsp3) is 0.600. The van der Waals surface area contributed by atoms with Gasteiger partial charge < -0.3 is 20.1 Å². The second-order valence-electron chi connectivity index (χ2n) is 5.21. The maximum Gasteiger partial charge on any atom is 0.167 e. The first kappa shape index (κ1) is 14.9. The fourth-order valence-electron chi connectivity index (χ4n) is 2.57. The SMILES string of the molecule is CCOc1cc(N(C)CC2CCOCC2)c(N)cc1F. The summed E-state index contributed by atoms with van der Waals surface area (Å²) in [6.07, 6.45) is 2.12. The lowest BCUT2D eigenvalue weighted by Gasteiger charge is -2.29. The minimum atomic E-state index is -0.410. The Kier molecular flexibility index (Phi) is 5.06. The number of hydrogen-bond acceptors (Lipinski definition) is 4. The molecule has 1 aliphatic heterocycles. The molecule has 1 aromatic carbocycles. The number of nitrogens with two attached hydrogens (primary N) is 1. The van der Waals surface area contributed by atoms with Crippen LogP contribution >= 0.6 is 0 Å². The largest absolute Gasteiger partial charge is 0.491 e. The summed E-state index contributed by atoms with van der Waals surface area (Å²) in [7, 11) is 1.98. The molecule has 0 atom stereocenters. The number of hydrogen-bond donors (Lipinski definition) is 1. The van der Waals surface area contributed by atoms with Crippen LogP contribution in [0.25, 0.3) is 0 Å². The number of nitrogens with zero attached hydrogens (tertiary/aromatic N) is 1. The zero-order chi connectivity index (χ0) is 14.5. The van der Waals surface area contributed by atoms with Gasteiger partial charge in [-0.3, -0.25) is 0 Å². The lowest BCUT2D eigenvalue weighted by atomic mass is 9.99. The van der Waals surface area contributed by atoms with E-state index >= 15 is 0 Å². The highest BCUT2D eigenvalue weighted by Crippen LogP contribution is 2.31. The van der Waals surface area contributed by atoms with Gasteiger partial charge in [-0.1, -0.05) is 0 Å². The molecular weight excluding hydrogens is 259 g/mol. The van der Waals surface area contributed by atoms with Crippen LogP contribution in [0, 0.1) is 11.7 Å². The lowest BCUT2D eigenvalue weighted by molar-refractivity contribution is 0.0685. The molecule has 1 aromatic rings. The van der Waals surface area contributed by atoms with E-state index in [0.29, 0.717) is 18.2 Å². The zero-order valence-corrected chi connectivity index (χ0v) is 12.2. The number of rotatable bonds is 5. The van der Waals surface area contributed by atoms with Crippen molar-refractivity contribution >= 4 is 11.4 Å². The molecular formula is C15H23FN2O2. The molecule has 2 N–H and O–H groups in total. The van der Waals surface area contributed by atoms with Crippen molar-refractivity contribution in [3.63, 3.8) is 0 Å². The molecule has 1 aliphatic rings. The quantitative estimate of drug-likeness (QED) is 0.844. The summed E-state index contributed by atoms with van der Waals surface area (Å²) in [5.41, 5.74) is 7.20. The molecule has 0 aromatic heterocycles. The molecule has 0 amide bonds. The highest BCUT2D eigenvalue weighted by molar-refractivity contribution is 5.69. The third-order valence-electron chi connectivity index (χ3n) is 3.67. The first-order valence-electron chi connectivity index (χ1n) is 7.12. The first-order valence-corrected chi connectivity index (χ1v) is 7.12. The molecule has 4 nitrogen and oxygen atoms in total. The van der Waals surface area contributed by atoms with Gasteiger partial charge in [-0.15, -0.1) is 0 Å². The van der Waals surface area contributed by atoms with Crippen molar-refractivity contribution in [2.45, 2.75) is 19.8 Å². The summed E-state index contributed by atoms with van der Waals surface area (Å²) in [5, 5.41) is 0. The fourth-order valence-corrected chi connectivity index (χ4v) is 2.57. The van der Waals surface area contributed by atoms with Gasteiger partial charge in [0, 0.05) is 38.9 Å². The second kappa shape index (κ2) is 6.79. The second-order valence-corrected chi connectivity index (χ2v) is 5.21.